The zero-order chi connectivity index (χ0) is 22.5. The lowest BCUT2D eigenvalue weighted by Gasteiger charge is -2.47. The number of nitrogens with zero attached hydrogens (tertiary/aromatic N) is 2. The molecule has 9 heteroatoms. The molecule has 2 heterocycles. The van der Waals surface area contributed by atoms with E-state index in [1.54, 1.807) is 29.2 Å². The van der Waals surface area contributed by atoms with E-state index in [1.165, 1.54) is 6.26 Å². The van der Waals surface area contributed by atoms with Gasteiger partial charge in [0, 0.05) is 37.6 Å². The molecule has 1 atom stereocenters. The summed E-state index contributed by atoms with van der Waals surface area (Å²) in [4.78, 5) is 19.8. The Kier molecular flexibility index (Phi) is 4.98. The van der Waals surface area contributed by atoms with Crippen LogP contribution in [0.15, 0.2) is 52.4 Å². The average Bonchev–Trinajstić information content (AvgIpc) is 2.74. The number of hydrogen-bond acceptors (Lipinski definition) is 7. The van der Waals surface area contributed by atoms with Crippen molar-refractivity contribution in [3.63, 3.8) is 0 Å². The Bertz CT molecular complexity index is 1220. The molecule has 168 valence electrons. The van der Waals surface area contributed by atoms with E-state index < -0.39 is 15.4 Å². The minimum atomic E-state index is -3.38. The maximum absolute atomic E-state index is 13.1. The highest BCUT2D eigenvalue weighted by molar-refractivity contribution is 7.90. The Morgan fingerprint density at radius 3 is 2.53 bits per heavy atom. The Balaban J connectivity index is 1.45. The Morgan fingerprint density at radius 2 is 1.81 bits per heavy atom. The molecule has 1 amide bonds. The second-order valence-electron chi connectivity index (χ2n) is 8.69. The number of sulfone groups is 1. The fraction of sp³-hybridized carbons (Fsp3) is 0.391. The molecular formula is C23H26N4O4S. The van der Waals surface area contributed by atoms with Crippen LogP contribution in [0.5, 0.6) is 0 Å². The van der Waals surface area contributed by atoms with Crippen molar-refractivity contribution in [3.8, 4) is 0 Å². The maximum atomic E-state index is 13.1. The molecule has 2 aromatic carbocycles. The van der Waals surface area contributed by atoms with Crippen LogP contribution in [0.4, 0.5) is 11.4 Å². The smallest absolute Gasteiger partial charge is 0.232 e. The van der Waals surface area contributed by atoms with Gasteiger partial charge in [0.25, 0.3) is 0 Å². The molecule has 8 nitrogen and oxygen atoms in total. The first-order chi connectivity index (χ1) is 15.3. The summed E-state index contributed by atoms with van der Waals surface area (Å²) in [6.45, 7) is 1.25. The number of rotatable bonds is 4. The summed E-state index contributed by atoms with van der Waals surface area (Å²) in [5.41, 5.74) is 8.99. The van der Waals surface area contributed by atoms with Gasteiger partial charge in [-0.1, -0.05) is 24.3 Å². The summed E-state index contributed by atoms with van der Waals surface area (Å²) in [5.74, 6) is 0.274. The number of amides is 1. The highest BCUT2D eigenvalue weighted by Gasteiger charge is 2.50. The van der Waals surface area contributed by atoms with Crippen molar-refractivity contribution >= 4 is 33.1 Å². The normalized spacial score (nSPS) is 23.5. The van der Waals surface area contributed by atoms with E-state index in [0.717, 1.165) is 29.7 Å². The van der Waals surface area contributed by atoms with Gasteiger partial charge in [0.1, 0.15) is 5.54 Å². The summed E-state index contributed by atoms with van der Waals surface area (Å²) in [6, 6.07) is 12.7. The van der Waals surface area contributed by atoms with E-state index in [1.807, 2.05) is 18.2 Å². The third-order valence-corrected chi connectivity index (χ3v) is 7.70. The summed E-state index contributed by atoms with van der Waals surface area (Å²) in [6.07, 6.45) is 3.57. The number of hydrogen-bond donors (Lipinski definition) is 2. The van der Waals surface area contributed by atoms with Crippen LogP contribution in [-0.2, 0) is 31.3 Å². The number of fused-ring (bicyclic) bond motifs is 2. The van der Waals surface area contributed by atoms with Gasteiger partial charge in [-0.2, -0.15) is 0 Å². The monoisotopic (exact) mass is 454 g/mol. The molecule has 2 aliphatic heterocycles. The fourth-order valence-electron chi connectivity index (χ4n) is 5.02. The predicted molar refractivity (Wildman–Crippen MR) is 122 cm³/mol. The number of nitrogens with one attached hydrogen (secondary N) is 1. The van der Waals surface area contributed by atoms with Crippen molar-refractivity contribution in [1.82, 2.24) is 4.90 Å². The number of benzene rings is 2. The van der Waals surface area contributed by atoms with Crippen LogP contribution in [0.2, 0.25) is 0 Å². The molecule has 1 fully saturated rings. The van der Waals surface area contributed by atoms with Crippen LogP contribution < -0.4 is 11.1 Å². The molecule has 3 N–H and O–H groups in total. The number of guanidine groups is 1. The minimum Gasteiger partial charge on any atom is -0.381 e. The molecule has 1 saturated heterocycles. The number of nitrogens with two attached hydrogens (primary N) is 1. The Morgan fingerprint density at radius 1 is 1.09 bits per heavy atom. The summed E-state index contributed by atoms with van der Waals surface area (Å²) in [5, 5.41) is 3.28. The van der Waals surface area contributed by atoms with E-state index in [2.05, 4.69) is 5.32 Å². The molecule has 0 aromatic heterocycles. The van der Waals surface area contributed by atoms with Crippen LogP contribution in [0.1, 0.15) is 30.4 Å². The first-order valence-corrected chi connectivity index (χ1v) is 12.6. The topological polar surface area (TPSA) is 114 Å². The van der Waals surface area contributed by atoms with Gasteiger partial charge in [-0.05, 0) is 42.2 Å². The molecule has 32 heavy (non-hydrogen) atoms. The second-order valence-corrected chi connectivity index (χ2v) is 10.7. The minimum absolute atomic E-state index is 0.00386. The SMILES string of the molecule is CS(=O)(=O)c1ccccc1Nc1cccc2c1C[C@]21CC(=O)N(C2CCOCC2)C(N)=N1. The maximum Gasteiger partial charge on any atom is 0.232 e. The molecule has 1 aliphatic carbocycles. The fourth-order valence-corrected chi connectivity index (χ4v) is 5.86. The highest BCUT2D eigenvalue weighted by atomic mass is 32.2. The largest absolute Gasteiger partial charge is 0.381 e. The van der Waals surface area contributed by atoms with Crippen LogP contribution in [0.25, 0.3) is 0 Å². The van der Waals surface area contributed by atoms with E-state index in [-0.39, 0.29) is 29.2 Å². The summed E-state index contributed by atoms with van der Waals surface area (Å²) in [7, 11) is -3.38. The van der Waals surface area contributed by atoms with Crippen molar-refractivity contribution in [3.05, 3.63) is 53.6 Å². The summed E-state index contributed by atoms with van der Waals surface area (Å²) < 4.78 is 29.7. The average molecular weight is 455 g/mol. The number of carbonyl (C=O) groups is 1. The zero-order valence-electron chi connectivity index (χ0n) is 17.9. The van der Waals surface area contributed by atoms with Gasteiger partial charge in [0.15, 0.2) is 15.8 Å². The standard InChI is InChI=1S/C23H26N4O4S/c1-32(29,30)20-8-3-2-6-19(20)25-18-7-4-5-17-16(18)13-23(17)14-21(28)27(22(24)26-23)15-9-11-31-12-10-15/h2-8,15,25H,9-14H2,1H3,(H2,24,26)/t23-/m0/s1. The Hall–Kier alpha value is -2.91. The van der Waals surface area contributed by atoms with Gasteiger partial charge in [0.05, 0.1) is 17.0 Å². The van der Waals surface area contributed by atoms with Crippen molar-refractivity contribution in [1.29, 1.82) is 0 Å². The van der Waals surface area contributed by atoms with Gasteiger partial charge < -0.3 is 15.8 Å². The lowest BCUT2D eigenvalue weighted by Crippen LogP contribution is -2.58. The van der Waals surface area contributed by atoms with Gasteiger partial charge in [-0.3, -0.25) is 9.69 Å². The first-order valence-electron chi connectivity index (χ1n) is 10.7. The lowest BCUT2D eigenvalue weighted by atomic mass is 9.67. The van der Waals surface area contributed by atoms with Gasteiger partial charge in [0.2, 0.25) is 5.91 Å². The molecule has 0 bridgehead atoms. The zero-order valence-corrected chi connectivity index (χ0v) is 18.7. The number of para-hydroxylation sites is 1. The third-order valence-electron chi connectivity index (χ3n) is 6.55. The molecule has 0 unspecified atom stereocenters. The quantitative estimate of drug-likeness (QED) is 0.733. The van der Waals surface area contributed by atoms with Crippen LogP contribution >= 0.6 is 0 Å². The Labute approximate surface area is 187 Å². The highest BCUT2D eigenvalue weighted by Crippen LogP contribution is 2.50. The van der Waals surface area contributed by atoms with Crippen molar-refractivity contribution in [2.75, 3.05) is 24.8 Å². The van der Waals surface area contributed by atoms with Crippen LogP contribution in [0, 0.1) is 0 Å². The molecular weight excluding hydrogens is 428 g/mol. The number of ether oxygens (including phenoxy) is 1. The van der Waals surface area contributed by atoms with Crippen molar-refractivity contribution in [2.45, 2.75) is 42.2 Å². The lowest BCUT2D eigenvalue weighted by molar-refractivity contribution is -0.133. The van der Waals surface area contributed by atoms with Crippen LogP contribution in [0.3, 0.4) is 0 Å². The van der Waals surface area contributed by atoms with Crippen molar-refractivity contribution in [2.24, 2.45) is 10.7 Å². The predicted octanol–water partition coefficient (Wildman–Crippen LogP) is 2.31. The number of anilines is 2. The second kappa shape index (κ2) is 7.60. The van der Waals surface area contributed by atoms with Crippen LogP contribution in [-0.4, -0.2) is 50.7 Å². The van der Waals surface area contributed by atoms with E-state index in [0.29, 0.717) is 25.3 Å². The van der Waals surface area contributed by atoms with Gasteiger partial charge in [-0.15, -0.1) is 0 Å². The number of carbonyl (C=O) groups excluding carboxylic acids is 1. The molecule has 0 saturated carbocycles. The molecule has 3 aliphatic rings. The summed E-state index contributed by atoms with van der Waals surface area (Å²) >= 11 is 0. The first kappa shape index (κ1) is 21.0. The molecule has 2 aromatic rings. The van der Waals surface area contributed by atoms with Gasteiger partial charge >= 0.3 is 0 Å². The third kappa shape index (κ3) is 3.45. The van der Waals surface area contributed by atoms with E-state index in [9.17, 15) is 13.2 Å². The molecule has 1 spiro atoms. The van der Waals surface area contributed by atoms with E-state index >= 15 is 0 Å². The molecule has 0 radical (unpaired) electrons. The molecule has 5 rings (SSSR count). The van der Waals surface area contributed by atoms with Gasteiger partial charge in [-0.25, -0.2) is 13.4 Å². The van der Waals surface area contributed by atoms with Crippen molar-refractivity contribution < 1.29 is 17.9 Å². The number of aliphatic imine (C=N–C) groups is 1. The van der Waals surface area contributed by atoms with E-state index in [4.69, 9.17) is 15.5 Å².